The molecule has 0 radical (unpaired) electrons. The molecule has 1 N–H and O–H groups in total. The summed E-state index contributed by atoms with van der Waals surface area (Å²) in [6, 6.07) is 10.9. The number of amides is 1. The van der Waals surface area contributed by atoms with Crippen LogP contribution in [0.3, 0.4) is 0 Å². The van der Waals surface area contributed by atoms with Crippen LogP contribution in [0.15, 0.2) is 48.0 Å². The Balaban J connectivity index is 1.60. The average molecular weight is 403 g/mol. The van der Waals surface area contributed by atoms with Crippen LogP contribution in [-0.2, 0) is 16.4 Å². The SMILES string of the molecule is O=C(NCc1ccccn1)c1cc(-c2cccs2)n([C@@H]2CCS(=O)(=O)C2)n1. The zero-order valence-corrected chi connectivity index (χ0v) is 16.0. The average Bonchev–Trinajstić information content (AvgIpc) is 3.39. The molecule has 3 aromatic heterocycles. The number of sulfone groups is 1. The van der Waals surface area contributed by atoms with Gasteiger partial charge in [-0.25, -0.2) is 8.42 Å². The maximum Gasteiger partial charge on any atom is 0.272 e. The van der Waals surface area contributed by atoms with E-state index in [4.69, 9.17) is 0 Å². The van der Waals surface area contributed by atoms with Crippen LogP contribution in [0.5, 0.6) is 0 Å². The second-order valence-corrected chi connectivity index (χ2v) is 9.57. The van der Waals surface area contributed by atoms with E-state index in [0.717, 1.165) is 16.3 Å². The number of hydrogen-bond acceptors (Lipinski definition) is 6. The number of hydrogen-bond donors (Lipinski definition) is 1. The molecule has 140 valence electrons. The fraction of sp³-hybridized carbons (Fsp3) is 0.278. The van der Waals surface area contributed by atoms with E-state index >= 15 is 0 Å². The van der Waals surface area contributed by atoms with Gasteiger partial charge in [-0.15, -0.1) is 11.3 Å². The molecule has 3 aromatic rings. The van der Waals surface area contributed by atoms with Gasteiger partial charge in [0.1, 0.15) is 0 Å². The minimum absolute atomic E-state index is 0.0576. The van der Waals surface area contributed by atoms with Gasteiger partial charge in [0.15, 0.2) is 15.5 Å². The Kier molecular flexibility index (Phi) is 4.79. The van der Waals surface area contributed by atoms with Crippen molar-refractivity contribution in [3.63, 3.8) is 0 Å². The van der Waals surface area contributed by atoms with Gasteiger partial charge in [0.25, 0.3) is 5.91 Å². The fourth-order valence-electron chi connectivity index (χ4n) is 3.12. The van der Waals surface area contributed by atoms with Crippen molar-refractivity contribution < 1.29 is 13.2 Å². The lowest BCUT2D eigenvalue weighted by molar-refractivity contribution is 0.0944. The zero-order valence-electron chi connectivity index (χ0n) is 14.4. The first kappa shape index (κ1) is 17.9. The standard InChI is InChI=1S/C18H18N4O3S2/c23-18(20-11-13-4-1-2-7-19-13)15-10-16(17-5-3-8-26-17)22(21-15)14-6-9-27(24,25)12-14/h1-5,7-8,10,14H,6,9,11-12H2,(H,20,23)/t14-/m1/s1. The van der Waals surface area contributed by atoms with Crippen LogP contribution in [-0.4, -0.2) is 40.6 Å². The summed E-state index contributed by atoms with van der Waals surface area (Å²) in [5, 5.41) is 9.21. The fourth-order valence-corrected chi connectivity index (χ4v) is 5.55. The molecule has 1 fully saturated rings. The number of nitrogens with one attached hydrogen (secondary N) is 1. The molecule has 4 heterocycles. The molecule has 0 saturated carbocycles. The predicted octanol–water partition coefficient (Wildman–Crippen LogP) is 2.30. The summed E-state index contributed by atoms with van der Waals surface area (Å²) in [6.45, 7) is 0.304. The summed E-state index contributed by atoms with van der Waals surface area (Å²) < 4.78 is 25.5. The first-order valence-electron chi connectivity index (χ1n) is 8.54. The molecule has 4 rings (SSSR count). The summed E-state index contributed by atoms with van der Waals surface area (Å²) in [4.78, 5) is 17.7. The molecular formula is C18H18N4O3S2. The van der Waals surface area contributed by atoms with Gasteiger partial charge in [-0.05, 0) is 36.1 Å². The Bertz CT molecular complexity index is 1040. The van der Waals surface area contributed by atoms with E-state index in [9.17, 15) is 13.2 Å². The molecule has 0 aliphatic carbocycles. The highest BCUT2D eigenvalue weighted by atomic mass is 32.2. The third-order valence-electron chi connectivity index (χ3n) is 4.45. The normalized spacial score (nSPS) is 18.4. The topological polar surface area (TPSA) is 94.0 Å². The lowest BCUT2D eigenvalue weighted by Gasteiger charge is -2.12. The highest BCUT2D eigenvalue weighted by molar-refractivity contribution is 7.91. The van der Waals surface area contributed by atoms with Crippen LogP contribution in [0.4, 0.5) is 0 Å². The highest BCUT2D eigenvalue weighted by Crippen LogP contribution is 2.32. The summed E-state index contributed by atoms with van der Waals surface area (Å²) in [5.74, 6) is -0.0944. The molecule has 1 aliphatic rings. The molecule has 0 aromatic carbocycles. The van der Waals surface area contributed by atoms with E-state index in [-0.39, 0.29) is 29.1 Å². The number of thiophene rings is 1. The van der Waals surface area contributed by atoms with E-state index in [1.54, 1.807) is 16.9 Å². The Hall–Kier alpha value is -2.52. The quantitative estimate of drug-likeness (QED) is 0.707. The highest BCUT2D eigenvalue weighted by Gasteiger charge is 2.32. The van der Waals surface area contributed by atoms with Crippen molar-refractivity contribution in [2.45, 2.75) is 19.0 Å². The maximum atomic E-state index is 12.6. The van der Waals surface area contributed by atoms with Crippen LogP contribution in [0.2, 0.25) is 0 Å². The molecule has 1 amide bonds. The van der Waals surface area contributed by atoms with Gasteiger partial charge in [-0.1, -0.05) is 12.1 Å². The van der Waals surface area contributed by atoms with E-state index in [0.29, 0.717) is 13.0 Å². The van der Waals surface area contributed by atoms with Crippen molar-refractivity contribution in [3.05, 3.63) is 59.4 Å². The van der Waals surface area contributed by atoms with E-state index in [2.05, 4.69) is 15.4 Å². The number of carbonyl (C=O) groups excluding carboxylic acids is 1. The lowest BCUT2D eigenvalue weighted by atomic mass is 10.2. The summed E-state index contributed by atoms with van der Waals surface area (Å²) >= 11 is 1.53. The predicted molar refractivity (Wildman–Crippen MR) is 103 cm³/mol. The van der Waals surface area contributed by atoms with Crippen LogP contribution >= 0.6 is 11.3 Å². The third-order valence-corrected chi connectivity index (χ3v) is 7.10. The Labute approximate surface area is 161 Å². The molecule has 27 heavy (non-hydrogen) atoms. The molecule has 7 nitrogen and oxygen atoms in total. The largest absolute Gasteiger partial charge is 0.345 e. The van der Waals surface area contributed by atoms with E-state index < -0.39 is 9.84 Å². The second kappa shape index (κ2) is 7.24. The first-order valence-corrected chi connectivity index (χ1v) is 11.2. The summed E-state index contributed by atoms with van der Waals surface area (Å²) in [6.07, 6.45) is 2.18. The Morgan fingerprint density at radius 3 is 2.85 bits per heavy atom. The Morgan fingerprint density at radius 1 is 1.30 bits per heavy atom. The summed E-state index contributed by atoms with van der Waals surface area (Å²) in [5.41, 5.74) is 1.80. The van der Waals surface area contributed by atoms with Crippen molar-refractivity contribution in [1.29, 1.82) is 0 Å². The first-order chi connectivity index (χ1) is 13.0. The zero-order chi connectivity index (χ0) is 18.9. The molecule has 1 atom stereocenters. The van der Waals surface area contributed by atoms with Crippen LogP contribution in [0.25, 0.3) is 10.6 Å². The van der Waals surface area contributed by atoms with Crippen LogP contribution in [0, 0.1) is 0 Å². The molecule has 1 aliphatic heterocycles. The molecule has 9 heteroatoms. The van der Waals surface area contributed by atoms with Gasteiger partial charge < -0.3 is 5.32 Å². The molecule has 0 unspecified atom stereocenters. The van der Waals surface area contributed by atoms with Crippen LogP contribution in [0.1, 0.15) is 28.6 Å². The van der Waals surface area contributed by atoms with E-state index in [1.807, 2.05) is 35.7 Å². The van der Waals surface area contributed by atoms with Crippen LogP contribution < -0.4 is 5.32 Å². The van der Waals surface area contributed by atoms with Gasteiger partial charge in [0, 0.05) is 6.20 Å². The van der Waals surface area contributed by atoms with Crippen molar-refractivity contribution in [1.82, 2.24) is 20.1 Å². The van der Waals surface area contributed by atoms with Gasteiger partial charge in [0.05, 0.1) is 40.4 Å². The Morgan fingerprint density at radius 2 is 2.19 bits per heavy atom. The van der Waals surface area contributed by atoms with Crippen molar-refractivity contribution in [3.8, 4) is 10.6 Å². The van der Waals surface area contributed by atoms with Gasteiger partial charge >= 0.3 is 0 Å². The number of pyridine rings is 1. The van der Waals surface area contributed by atoms with Crippen molar-refractivity contribution >= 4 is 27.1 Å². The molecular weight excluding hydrogens is 384 g/mol. The second-order valence-electron chi connectivity index (χ2n) is 6.40. The molecule has 1 saturated heterocycles. The minimum atomic E-state index is -3.05. The minimum Gasteiger partial charge on any atom is -0.345 e. The lowest BCUT2D eigenvalue weighted by Crippen LogP contribution is -2.24. The van der Waals surface area contributed by atoms with Gasteiger partial charge in [0.2, 0.25) is 0 Å². The monoisotopic (exact) mass is 402 g/mol. The van der Waals surface area contributed by atoms with Crippen molar-refractivity contribution in [2.75, 3.05) is 11.5 Å². The van der Waals surface area contributed by atoms with Gasteiger partial charge in [-0.2, -0.15) is 5.10 Å². The summed E-state index contributed by atoms with van der Waals surface area (Å²) in [7, 11) is -3.05. The smallest absolute Gasteiger partial charge is 0.272 e. The maximum absolute atomic E-state index is 12.6. The number of rotatable bonds is 5. The molecule has 0 bridgehead atoms. The molecule has 0 spiro atoms. The van der Waals surface area contributed by atoms with E-state index in [1.165, 1.54) is 11.3 Å². The number of aromatic nitrogens is 3. The van der Waals surface area contributed by atoms with Crippen molar-refractivity contribution in [2.24, 2.45) is 0 Å². The third kappa shape index (κ3) is 3.93. The number of carbonyl (C=O) groups is 1. The number of nitrogens with zero attached hydrogens (tertiary/aromatic N) is 3. The van der Waals surface area contributed by atoms with Gasteiger partial charge in [-0.3, -0.25) is 14.5 Å².